The molecule has 1 aromatic rings. The number of carboxylic acid groups (broad SMARTS) is 2. The Morgan fingerprint density at radius 1 is 0.875 bits per heavy atom. The molecule has 0 aromatic heterocycles. The summed E-state index contributed by atoms with van der Waals surface area (Å²) >= 11 is 0. The largest absolute Gasteiger partial charge is 0.481 e. The van der Waals surface area contributed by atoms with Crippen molar-refractivity contribution in [2.75, 3.05) is 6.54 Å². The maximum Gasteiger partial charge on any atom is 0.326 e. The number of nitrogens with one attached hydrogen (secondary N) is 4. The summed E-state index contributed by atoms with van der Waals surface area (Å²) in [6.07, 6.45) is 0.650. The summed E-state index contributed by atoms with van der Waals surface area (Å²) < 4.78 is 0. The molecule has 4 atom stereocenters. The van der Waals surface area contributed by atoms with E-state index in [1.54, 1.807) is 30.3 Å². The van der Waals surface area contributed by atoms with Gasteiger partial charge in [0.15, 0.2) is 0 Å². The Labute approximate surface area is 232 Å². The van der Waals surface area contributed by atoms with Crippen LogP contribution < -0.4 is 32.7 Å². The van der Waals surface area contributed by atoms with Crippen molar-refractivity contribution in [1.82, 2.24) is 21.3 Å². The summed E-state index contributed by atoms with van der Waals surface area (Å²) in [4.78, 5) is 73.5. The van der Waals surface area contributed by atoms with Crippen LogP contribution in [0.25, 0.3) is 0 Å². The molecule has 0 bridgehead atoms. The highest BCUT2D eigenvalue weighted by molar-refractivity contribution is 5.97. The van der Waals surface area contributed by atoms with E-state index in [1.165, 1.54) is 20.8 Å². The van der Waals surface area contributed by atoms with E-state index in [9.17, 15) is 33.9 Å². The van der Waals surface area contributed by atoms with Crippen LogP contribution in [0.1, 0.15) is 52.0 Å². The Kier molecular flexibility index (Phi) is 13.7. The van der Waals surface area contributed by atoms with Crippen LogP contribution in [0, 0.1) is 0 Å². The molecule has 10 N–H and O–H groups in total. The molecule has 0 saturated carbocycles. The van der Waals surface area contributed by atoms with Crippen LogP contribution in [0.2, 0.25) is 0 Å². The average Bonchev–Trinajstić information content (AvgIpc) is 2.87. The second kappa shape index (κ2) is 16.2. The summed E-state index contributed by atoms with van der Waals surface area (Å²) in [6.45, 7) is 4.44. The van der Waals surface area contributed by atoms with Crippen molar-refractivity contribution in [1.29, 1.82) is 0 Å². The van der Waals surface area contributed by atoms with E-state index in [-0.39, 0.29) is 12.8 Å². The van der Waals surface area contributed by atoms with Gasteiger partial charge in [0.25, 0.3) is 0 Å². The second-order valence-electron chi connectivity index (χ2n) is 9.95. The SMILES string of the molecule is C[C@H](NC(=O)C(C)(C)NC(=O)[C@@H](N)CC(=O)O)C(=O)N[C@@H](Cc1ccccc1)C(=O)N[C@@H](CCCCN)C(=O)O. The van der Waals surface area contributed by atoms with Gasteiger partial charge in [-0.15, -0.1) is 0 Å². The van der Waals surface area contributed by atoms with E-state index in [4.69, 9.17) is 16.6 Å². The van der Waals surface area contributed by atoms with E-state index in [0.717, 1.165) is 0 Å². The minimum absolute atomic E-state index is 0.0528. The molecule has 0 spiro atoms. The Morgan fingerprint density at radius 2 is 1.48 bits per heavy atom. The van der Waals surface area contributed by atoms with Crippen LogP contribution in [-0.4, -0.2) is 82.0 Å². The Bertz CT molecular complexity index is 1050. The molecule has 0 unspecified atom stereocenters. The minimum Gasteiger partial charge on any atom is -0.481 e. The molecule has 0 fully saturated rings. The van der Waals surface area contributed by atoms with Crippen molar-refractivity contribution >= 4 is 35.6 Å². The predicted octanol–water partition coefficient (Wildman–Crippen LogP) is -1.39. The molecule has 1 rings (SSSR count). The first-order chi connectivity index (χ1) is 18.7. The van der Waals surface area contributed by atoms with Gasteiger partial charge in [0.05, 0.1) is 12.5 Å². The molecule has 0 radical (unpaired) electrons. The lowest BCUT2D eigenvalue weighted by Gasteiger charge is -2.28. The number of hydrogen-bond donors (Lipinski definition) is 8. The van der Waals surface area contributed by atoms with E-state index < -0.39 is 71.7 Å². The molecule has 14 nitrogen and oxygen atoms in total. The normalized spacial score (nSPS) is 14.1. The van der Waals surface area contributed by atoms with Gasteiger partial charge in [-0.1, -0.05) is 30.3 Å². The molecule has 4 amide bonds. The average molecular weight is 565 g/mol. The van der Waals surface area contributed by atoms with E-state index in [0.29, 0.717) is 24.9 Å². The number of aliphatic carboxylic acids is 2. The fraction of sp³-hybridized carbons (Fsp3) is 0.538. The zero-order chi connectivity index (χ0) is 30.5. The number of carbonyl (C=O) groups is 6. The third-order valence-electron chi connectivity index (χ3n) is 5.95. The third kappa shape index (κ3) is 11.8. The van der Waals surface area contributed by atoms with E-state index in [2.05, 4.69) is 21.3 Å². The number of rotatable bonds is 17. The number of benzene rings is 1. The van der Waals surface area contributed by atoms with Gasteiger partial charge in [-0.05, 0) is 52.1 Å². The number of carboxylic acids is 2. The van der Waals surface area contributed by atoms with Gasteiger partial charge in [0, 0.05) is 6.42 Å². The van der Waals surface area contributed by atoms with Crippen molar-refractivity contribution < 1.29 is 39.0 Å². The molecule has 0 aliphatic carbocycles. The van der Waals surface area contributed by atoms with Gasteiger partial charge in [-0.25, -0.2) is 4.79 Å². The monoisotopic (exact) mass is 564 g/mol. The van der Waals surface area contributed by atoms with E-state index >= 15 is 0 Å². The topological polar surface area (TPSA) is 243 Å². The summed E-state index contributed by atoms with van der Waals surface area (Å²) in [6, 6.07) is 3.88. The van der Waals surface area contributed by atoms with Crippen molar-refractivity contribution in [3.05, 3.63) is 35.9 Å². The smallest absolute Gasteiger partial charge is 0.326 e. The summed E-state index contributed by atoms with van der Waals surface area (Å²) in [7, 11) is 0. The minimum atomic E-state index is -1.55. The molecule has 0 saturated heterocycles. The maximum absolute atomic E-state index is 13.1. The molecule has 1 aromatic carbocycles. The highest BCUT2D eigenvalue weighted by Gasteiger charge is 2.34. The summed E-state index contributed by atoms with van der Waals surface area (Å²) in [5, 5.41) is 28.2. The maximum atomic E-state index is 13.1. The van der Waals surface area contributed by atoms with Crippen molar-refractivity contribution in [3.63, 3.8) is 0 Å². The molecule has 0 aliphatic heterocycles. The quantitative estimate of drug-likeness (QED) is 0.103. The Morgan fingerprint density at radius 3 is 2.02 bits per heavy atom. The van der Waals surface area contributed by atoms with Crippen LogP contribution in [0.15, 0.2) is 30.3 Å². The van der Waals surface area contributed by atoms with Crippen LogP contribution in [0.4, 0.5) is 0 Å². The van der Waals surface area contributed by atoms with Crippen LogP contribution in [0.5, 0.6) is 0 Å². The first kappa shape index (κ1) is 34.0. The number of amides is 4. The highest BCUT2D eigenvalue weighted by Crippen LogP contribution is 2.08. The molecular formula is C26H40N6O8. The Balaban J connectivity index is 2.95. The zero-order valence-corrected chi connectivity index (χ0v) is 22.9. The number of hydrogen-bond acceptors (Lipinski definition) is 8. The fourth-order valence-electron chi connectivity index (χ4n) is 3.56. The second-order valence-corrected chi connectivity index (χ2v) is 9.95. The van der Waals surface area contributed by atoms with Gasteiger partial charge in [-0.2, -0.15) is 0 Å². The summed E-state index contributed by atoms with van der Waals surface area (Å²) in [5.41, 5.74) is 10.2. The van der Waals surface area contributed by atoms with Crippen molar-refractivity contribution in [2.45, 2.75) is 82.6 Å². The highest BCUT2D eigenvalue weighted by atomic mass is 16.4. The lowest BCUT2D eigenvalue weighted by Crippen LogP contribution is -2.61. The number of unbranched alkanes of at least 4 members (excludes halogenated alkanes) is 1. The molecule has 0 aliphatic rings. The number of carbonyl (C=O) groups excluding carboxylic acids is 4. The predicted molar refractivity (Wildman–Crippen MR) is 145 cm³/mol. The molecular weight excluding hydrogens is 524 g/mol. The first-order valence-corrected chi connectivity index (χ1v) is 12.9. The van der Waals surface area contributed by atoms with Crippen molar-refractivity contribution in [2.24, 2.45) is 11.5 Å². The van der Waals surface area contributed by atoms with Gasteiger partial charge >= 0.3 is 11.9 Å². The standard InChI is InChI=1S/C26H40N6O8/c1-15(29-25(40)26(2,3)32-22(36)17(28)14-20(33)34)21(35)31-19(13-16-9-5-4-6-10-16)23(37)30-18(24(38)39)11-7-8-12-27/h4-6,9-10,15,17-19H,7-8,11-14,27-28H2,1-3H3,(H,29,40)(H,30,37)(H,31,35)(H,32,36)(H,33,34)(H,38,39)/t15-,17-,18-,19-/m0/s1. The molecule has 222 valence electrons. The van der Waals surface area contributed by atoms with Crippen LogP contribution in [0.3, 0.4) is 0 Å². The molecule has 0 heterocycles. The molecule has 14 heteroatoms. The van der Waals surface area contributed by atoms with Gasteiger partial charge in [-0.3, -0.25) is 24.0 Å². The van der Waals surface area contributed by atoms with Gasteiger partial charge in [0.2, 0.25) is 23.6 Å². The zero-order valence-electron chi connectivity index (χ0n) is 22.9. The van der Waals surface area contributed by atoms with E-state index in [1.807, 2.05) is 0 Å². The Hall–Kier alpha value is -4.04. The number of nitrogens with two attached hydrogens (primary N) is 2. The van der Waals surface area contributed by atoms with Gasteiger partial charge in [0.1, 0.15) is 23.7 Å². The van der Waals surface area contributed by atoms with Crippen LogP contribution >= 0.6 is 0 Å². The first-order valence-electron chi connectivity index (χ1n) is 12.9. The van der Waals surface area contributed by atoms with Crippen molar-refractivity contribution in [3.8, 4) is 0 Å². The van der Waals surface area contributed by atoms with Crippen LogP contribution in [-0.2, 0) is 35.2 Å². The lowest BCUT2D eigenvalue weighted by atomic mass is 10.0. The summed E-state index contributed by atoms with van der Waals surface area (Å²) in [5.74, 6) is -5.57. The van der Waals surface area contributed by atoms with Gasteiger partial charge < -0.3 is 42.9 Å². The molecule has 40 heavy (non-hydrogen) atoms. The fourth-order valence-corrected chi connectivity index (χ4v) is 3.56. The third-order valence-corrected chi connectivity index (χ3v) is 5.95. The lowest BCUT2D eigenvalue weighted by molar-refractivity contribution is -0.142.